The van der Waals surface area contributed by atoms with Gasteiger partial charge in [-0.15, -0.1) is 0 Å². The molecule has 0 aliphatic rings. The van der Waals surface area contributed by atoms with Crippen LogP contribution < -0.4 is 5.73 Å². The van der Waals surface area contributed by atoms with E-state index in [1.165, 1.54) is 0 Å². The summed E-state index contributed by atoms with van der Waals surface area (Å²) in [5.74, 6) is 0.280. The molecule has 1 atom stereocenters. The third kappa shape index (κ3) is 2.44. The van der Waals surface area contributed by atoms with Gasteiger partial charge in [0, 0.05) is 6.04 Å². The number of aliphatic hydroxyl groups is 1. The largest absolute Gasteiger partial charge is 0.508 e. The molecule has 0 heterocycles. The predicted octanol–water partition coefficient (Wildman–Crippen LogP) is 0.563. The first-order chi connectivity index (χ1) is 6.15. The Balaban J connectivity index is 2.83. The highest BCUT2D eigenvalue weighted by Crippen LogP contribution is 2.20. The third-order valence-corrected chi connectivity index (χ3v) is 2.13. The second kappa shape index (κ2) is 4.25. The van der Waals surface area contributed by atoms with Crippen LogP contribution in [0.4, 0.5) is 0 Å². The Hall–Kier alpha value is -1.06. The number of aromatic hydroxyl groups is 1. The molecule has 0 saturated carbocycles. The van der Waals surface area contributed by atoms with E-state index in [-0.39, 0.29) is 18.4 Å². The fraction of sp³-hybridized carbons (Fsp3) is 0.400. The average molecular weight is 181 g/mol. The van der Waals surface area contributed by atoms with E-state index in [1.807, 2.05) is 13.0 Å². The minimum atomic E-state index is -0.250. The van der Waals surface area contributed by atoms with Crippen molar-refractivity contribution in [1.29, 1.82) is 0 Å². The van der Waals surface area contributed by atoms with Crippen LogP contribution in [0.15, 0.2) is 18.2 Å². The van der Waals surface area contributed by atoms with Gasteiger partial charge in [-0.3, -0.25) is 0 Å². The molecule has 0 amide bonds. The maximum Gasteiger partial charge on any atom is 0.118 e. The van der Waals surface area contributed by atoms with Crippen LogP contribution in [0.5, 0.6) is 5.75 Å². The van der Waals surface area contributed by atoms with Gasteiger partial charge in [0.05, 0.1) is 6.61 Å². The van der Waals surface area contributed by atoms with E-state index in [9.17, 15) is 5.11 Å². The van der Waals surface area contributed by atoms with Gasteiger partial charge in [-0.05, 0) is 30.5 Å². The molecule has 1 unspecified atom stereocenters. The topological polar surface area (TPSA) is 66.5 Å². The fourth-order valence-electron chi connectivity index (χ4n) is 1.24. The quantitative estimate of drug-likeness (QED) is 0.638. The van der Waals surface area contributed by atoms with Crippen molar-refractivity contribution in [3.8, 4) is 5.75 Å². The number of phenolic OH excluding ortho intramolecular Hbond substituents is 1. The van der Waals surface area contributed by atoms with Crippen molar-refractivity contribution in [3.63, 3.8) is 0 Å². The molecule has 13 heavy (non-hydrogen) atoms. The molecule has 72 valence electrons. The van der Waals surface area contributed by atoms with Crippen molar-refractivity contribution in [2.24, 2.45) is 5.73 Å². The number of benzene rings is 1. The van der Waals surface area contributed by atoms with Crippen molar-refractivity contribution in [3.05, 3.63) is 29.3 Å². The molecule has 1 aromatic carbocycles. The number of aliphatic hydroxyl groups excluding tert-OH is 1. The van der Waals surface area contributed by atoms with Gasteiger partial charge in [-0.2, -0.15) is 0 Å². The normalized spacial score (nSPS) is 12.8. The second-order valence-electron chi connectivity index (χ2n) is 3.21. The van der Waals surface area contributed by atoms with Crippen LogP contribution >= 0.6 is 0 Å². The Morgan fingerprint density at radius 1 is 1.46 bits per heavy atom. The zero-order valence-electron chi connectivity index (χ0n) is 7.70. The second-order valence-corrected chi connectivity index (χ2v) is 3.21. The molecule has 3 heteroatoms. The average Bonchev–Trinajstić information content (AvgIpc) is 2.13. The molecule has 0 bridgehead atoms. The van der Waals surface area contributed by atoms with Gasteiger partial charge in [0.15, 0.2) is 0 Å². The Morgan fingerprint density at radius 3 is 2.77 bits per heavy atom. The lowest BCUT2D eigenvalue weighted by molar-refractivity contribution is 0.265. The van der Waals surface area contributed by atoms with E-state index in [2.05, 4.69) is 0 Å². The number of hydrogen-bond donors (Lipinski definition) is 3. The molecule has 0 saturated heterocycles. The summed E-state index contributed by atoms with van der Waals surface area (Å²) in [5.41, 5.74) is 7.42. The molecule has 4 N–H and O–H groups in total. The Labute approximate surface area is 77.8 Å². The lowest BCUT2D eigenvalue weighted by Crippen LogP contribution is -2.27. The molecule has 0 aliphatic carbocycles. The van der Waals surface area contributed by atoms with Crippen LogP contribution in [-0.4, -0.2) is 22.9 Å². The molecule has 0 spiro atoms. The molecular weight excluding hydrogens is 166 g/mol. The molecule has 1 aromatic rings. The highest BCUT2D eigenvalue weighted by molar-refractivity contribution is 5.38. The monoisotopic (exact) mass is 181 g/mol. The van der Waals surface area contributed by atoms with Crippen LogP contribution in [0, 0.1) is 6.92 Å². The molecule has 1 rings (SSSR count). The van der Waals surface area contributed by atoms with Crippen LogP contribution in [0.1, 0.15) is 11.1 Å². The Morgan fingerprint density at radius 2 is 2.15 bits per heavy atom. The summed E-state index contributed by atoms with van der Waals surface area (Å²) in [6.45, 7) is 1.81. The first kappa shape index (κ1) is 10.0. The van der Waals surface area contributed by atoms with Crippen LogP contribution in [-0.2, 0) is 6.42 Å². The Kier molecular flexibility index (Phi) is 3.28. The summed E-state index contributed by atoms with van der Waals surface area (Å²) in [5, 5.41) is 18.2. The van der Waals surface area contributed by atoms with E-state index in [4.69, 9.17) is 10.8 Å². The van der Waals surface area contributed by atoms with E-state index >= 15 is 0 Å². The molecule has 3 nitrogen and oxygen atoms in total. The van der Waals surface area contributed by atoms with Gasteiger partial charge in [0.25, 0.3) is 0 Å². The molecule has 0 aliphatic heterocycles. The van der Waals surface area contributed by atoms with Crippen molar-refractivity contribution < 1.29 is 10.2 Å². The number of phenols is 1. The molecule has 0 radical (unpaired) electrons. The fourth-order valence-corrected chi connectivity index (χ4v) is 1.24. The van der Waals surface area contributed by atoms with E-state index in [0.29, 0.717) is 6.42 Å². The maximum absolute atomic E-state index is 9.38. The predicted molar refractivity (Wildman–Crippen MR) is 51.6 cm³/mol. The summed E-state index contributed by atoms with van der Waals surface area (Å²) < 4.78 is 0. The summed E-state index contributed by atoms with van der Waals surface area (Å²) >= 11 is 0. The van der Waals surface area contributed by atoms with Crippen molar-refractivity contribution in [1.82, 2.24) is 0 Å². The summed E-state index contributed by atoms with van der Waals surface area (Å²) in [7, 11) is 0. The van der Waals surface area contributed by atoms with Gasteiger partial charge < -0.3 is 15.9 Å². The zero-order chi connectivity index (χ0) is 9.84. The highest BCUT2D eigenvalue weighted by atomic mass is 16.3. The summed E-state index contributed by atoms with van der Waals surface area (Å²) in [6, 6.07) is 5.08. The minimum Gasteiger partial charge on any atom is -0.508 e. The van der Waals surface area contributed by atoms with Crippen molar-refractivity contribution in [2.75, 3.05) is 6.61 Å². The number of nitrogens with two attached hydrogens (primary N) is 1. The lowest BCUT2D eigenvalue weighted by Gasteiger charge is -2.11. The molecule has 0 fully saturated rings. The van der Waals surface area contributed by atoms with Crippen LogP contribution in [0.3, 0.4) is 0 Å². The van der Waals surface area contributed by atoms with E-state index in [0.717, 1.165) is 11.1 Å². The smallest absolute Gasteiger partial charge is 0.118 e. The van der Waals surface area contributed by atoms with Gasteiger partial charge >= 0.3 is 0 Å². The Bertz CT molecular complexity index is 286. The van der Waals surface area contributed by atoms with E-state index < -0.39 is 0 Å². The first-order valence-corrected chi connectivity index (χ1v) is 4.29. The number of hydrogen-bond acceptors (Lipinski definition) is 3. The third-order valence-electron chi connectivity index (χ3n) is 2.13. The SMILES string of the molecule is Cc1c(O)cccc1CC(N)CO. The van der Waals surface area contributed by atoms with Crippen molar-refractivity contribution in [2.45, 2.75) is 19.4 Å². The minimum absolute atomic E-state index is 0.0326. The van der Waals surface area contributed by atoms with E-state index in [1.54, 1.807) is 12.1 Å². The van der Waals surface area contributed by atoms with Gasteiger partial charge in [-0.1, -0.05) is 12.1 Å². The maximum atomic E-state index is 9.38. The van der Waals surface area contributed by atoms with Crippen LogP contribution in [0.2, 0.25) is 0 Å². The summed E-state index contributed by atoms with van der Waals surface area (Å²) in [6.07, 6.45) is 0.594. The molecular formula is C10H15NO2. The standard InChI is InChI=1S/C10H15NO2/c1-7-8(5-9(11)6-12)3-2-4-10(7)13/h2-4,9,12-13H,5-6,11H2,1H3. The zero-order valence-corrected chi connectivity index (χ0v) is 7.70. The molecule has 0 aromatic heterocycles. The first-order valence-electron chi connectivity index (χ1n) is 4.29. The highest BCUT2D eigenvalue weighted by Gasteiger charge is 2.06. The summed E-state index contributed by atoms with van der Waals surface area (Å²) in [4.78, 5) is 0. The van der Waals surface area contributed by atoms with Crippen LogP contribution in [0.25, 0.3) is 0 Å². The van der Waals surface area contributed by atoms with Gasteiger partial charge in [-0.25, -0.2) is 0 Å². The van der Waals surface area contributed by atoms with Crippen molar-refractivity contribution >= 4 is 0 Å². The lowest BCUT2D eigenvalue weighted by atomic mass is 10.0. The number of rotatable bonds is 3. The van der Waals surface area contributed by atoms with Gasteiger partial charge in [0.1, 0.15) is 5.75 Å². The van der Waals surface area contributed by atoms with Gasteiger partial charge in [0.2, 0.25) is 0 Å².